The molecule has 4 fully saturated rings. The van der Waals surface area contributed by atoms with Gasteiger partial charge in [-0.1, -0.05) is 12.1 Å². The second-order valence-electron chi connectivity index (χ2n) is 10.8. The summed E-state index contributed by atoms with van der Waals surface area (Å²) in [5.41, 5.74) is 3.82. The average Bonchev–Trinajstić information content (AvgIpc) is 3.37. The van der Waals surface area contributed by atoms with Gasteiger partial charge in [-0.05, 0) is 91.9 Å². The molecule has 5 aliphatic rings. The van der Waals surface area contributed by atoms with Crippen LogP contribution in [0, 0.1) is 35.5 Å². The molecule has 4 bridgehead atoms. The molecule has 0 saturated heterocycles. The Kier molecular flexibility index (Phi) is 2.36. The number of aromatic nitrogens is 2. The smallest absolute Gasteiger partial charge is 0.153 e. The molecule has 3 nitrogen and oxygen atoms in total. The Hall–Kier alpha value is -2.29. The lowest BCUT2D eigenvalue weighted by Gasteiger charge is -2.60. The molecule has 29 heavy (non-hydrogen) atoms. The van der Waals surface area contributed by atoms with Gasteiger partial charge in [0.05, 0.1) is 21.9 Å². The summed E-state index contributed by atoms with van der Waals surface area (Å²) >= 11 is 0. The molecule has 5 aliphatic carbocycles. The van der Waals surface area contributed by atoms with Crippen molar-refractivity contribution < 1.29 is 4.79 Å². The van der Waals surface area contributed by atoms with E-state index in [2.05, 4.69) is 26.0 Å². The average molecular weight is 380 g/mol. The van der Waals surface area contributed by atoms with E-state index in [-0.39, 0.29) is 10.8 Å². The molecular formula is C26H24N2O. The molecule has 0 N–H and O–H groups in total. The third kappa shape index (κ3) is 1.32. The van der Waals surface area contributed by atoms with Gasteiger partial charge in [-0.3, -0.25) is 14.8 Å². The van der Waals surface area contributed by atoms with E-state index in [9.17, 15) is 4.79 Å². The molecular weight excluding hydrogens is 356 g/mol. The number of benzene rings is 1. The number of fused-ring (bicyclic) bond motifs is 20. The highest BCUT2D eigenvalue weighted by Crippen LogP contribution is 2.81. The van der Waals surface area contributed by atoms with Crippen LogP contribution >= 0.6 is 0 Å². The highest BCUT2D eigenvalue weighted by atomic mass is 16.1. The first-order chi connectivity index (χ1) is 14.1. The maximum atomic E-state index is 14.2. The molecule has 0 amide bonds. The molecule has 0 unspecified atom stereocenters. The lowest BCUT2D eigenvalue weighted by molar-refractivity contribution is -0.125. The van der Waals surface area contributed by atoms with Crippen LogP contribution in [0.5, 0.6) is 0 Å². The highest BCUT2D eigenvalue weighted by molar-refractivity contribution is 6.18. The molecule has 1 aromatic carbocycles. The molecule has 0 radical (unpaired) electrons. The zero-order chi connectivity index (χ0) is 19.3. The lowest BCUT2D eigenvalue weighted by atomic mass is 9.42. The summed E-state index contributed by atoms with van der Waals surface area (Å²) in [4.78, 5) is 23.7. The fourth-order valence-electron chi connectivity index (χ4n) is 9.61. The Morgan fingerprint density at radius 2 is 1.31 bits per heavy atom. The van der Waals surface area contributed by atoms with Crippen LogP contribution in [-0.2, 0) is 15.6 Å². The normalized spacial score (nSPS) is 45.5. The third-order valence-corrected chi connectivity index (χ3v) is 10.2. The molecule has 8 atom stereocenters. The number of ketones is 1. The number of rotatable bonds is 0. The standard InChI is InChI=1S/C26H24N2O/c1-25-18-14-5-3-9-27-22(14)23-15(6-4-10-28-23)19(18)26(2,24(25)29)21-17-13-8-7-12(11-13)16(17)20(21)25/h3-6,9-10,12-13,16-17,20-21H,7-8,11H2,1-2H3/t12-,13+,16+,17-,20-,21+,25+,26-. The van der Waals surface area contributed by atoms with Gasteiger partial charge >= 0.3 is 0 Å². The summed E-state index contributed by atoms with van der Waals surface area (Å²) in [6.45, 7) is 4.59. The monoisotopic (exact) mass is 380 g/mol. The molecule has 0 aliphatic heterocycles. The van der Waals surface area contributed by atoms with Crippen molar-refractivity contribution in [2.45, 2.75) is 43.9 Å². The van der Waals surface area contributed by atoms with E-state index in [1.165, 1.54) is 41.2 Å². The van der Waals surface area contributed by atoms with Gasteiger partial charge in [0.15, 0.2) is 5.78 Å². The van der Waals surface area contributed by atoms with Crippen LogP contribution in [0.2, 0.25) is 0 Å². The first-order valence-electron chi connectivity index (χ1n) is 11.3. The van der Waals surface area contributed by atoms with E-state index in [0.29, 0.717) is 17.6 Å². The van der Waals surface area contributed by atoms with Crippen LogP contribution in [0.4, 0.5) is 0 Å². The summed E-state index contributed by atoms with van der Waals surface area (Å²) in [7, 11) is 0. The van der Waals surface area contributed by atoms with Gasteiger partial charge in [0.25, 0.3) is 0 Å². The number of carbonyl (C=O) groups excluding carboxylic acids is 1. The van der Waals surface area contributed by atoms with Crippen LogP contribution in [0.1, 0.15) is 44.2 Å². The number of pyridine rings is 2. The summed E-state index contributed by atoms with van der Waals surface area (Å²) in [6.07, 6.45) is 7.93. The molecule has 144 valence electrons. The van der Waals surface area contributed by atoms with Gasteiger partial charge in [-0.25, -0.2) is 0 Å². The van der Waals surface area contributed by atoms with Crippen LogP contribution in [-0.4, -0.2) is 15.8 Å². The number of hydrogen-bond donors (Lipinski definition) is 0. The van der Waals surface area contributed by atoms with Crippen molar-refractivity contribution in [2.24, 2.45) is 35.5 Å². The van der Waals surface area contributed by atoms with Crippen molar-refractivity contribution >= 4 is 27.6 Å². The minimum atomic E-state index is -0.355. The Bertz CT molecular complexity index is 1200. The number of hydrogen-bond acceptors (Lipinski definition) is 3. The highest BCUT2D eigenvalue weighted by Gasteiger charge is 2.82. The molecule has 8 rings (SSSR count). The van der Waals surface area contributed by atoms with E-state index in [1.54, 1.807) is 0 Å². The number of Topliss-reactive ketones (excluding diaryl/α,β-unsaturated/α-hetero) is 1. The van der Waals surface area contributed by atoms with Crippen molar-refractivity contribution in [3.05, 3.63) is 47.8 Å². The van der Waals surface area contributed by atoms with Gasteiger partial charge in [0.2, 0.25) is 0 Å². The van der Waals surface area contributed by atoms with Gasteiger partial charge < -0.3 is 0 Å². The minimum absolute atomic E-state index is 0.355. The maximum absolute atomic E-state index is 14.2. The topological polar surface area (TPSA) is 42.9 Å². The lowest BCUT2D eigenvalue weighted by Crippen LogP contribution is -2.58. The fraction of sp³-hybridized carbons (Fsp3) is 0.500. The third-order valence-electron chi connectivity index (χ3n) is 10.2. The summed E-state index contributed by atoms with van der Waals surface area (Å²) in [5, 5.41) is 2.33. The SMILES string of the molecule is C[C@]12C(=O)[C@](C)(c3c1c1cccnc1c1ncccc31)[C@H]1[C@@H]3[C@H]4CC[C@H](C4)[C@@H]3[C@H]12. The van der Waals surface area contributed by atoms with Crippen LogP contribution in [0.15, 0.2) is 36.7 Å². The van der Waals surface area contributed by atoms with E-state index in [4.69, 9.17) is 9.97 Å². The first kappa shape index (κ1) is 15.5. The predicted octanol–water partition coefficient (Wildman–Crippen LogP) is 4.80. The zero-order valence-electron chi connectivity index (χ0n) is 16.9. The van der Waals surface area contributed by atoms with Gasteiger partial charge in [-0.2, -0.15) is 0 Å². The second-order valence-corrected chi connectivity index (χ2v) is 10.8. The van der Waals surface area contributed by atoms with Crippen molar-refractivity contribution in [3.63, 3.8) is 0 Å². The Balaban J connectivity index is 1.55. The number of carbonyl (C=O) groups is 1. The predicted molar refractivity (Wildman–Crippen MR) is 112 cm³/mol. The Labute approximate surface area is 169 Å². The maximum Gasteiger partial charge on any atom is 0.153 e. The van der Waals surface area contributed by atoms with Crippen molar-refractivity contribution in [1.29, 1.82) is 0 Å². The minimum Gasteiger partial charge on any atom is -0.298 e. The van der Waals surface area contributed by atoms with Crippen LogP contribution in [0.25, 0.3) is 21.8 Å². The van der Waals surface area contributed by atoms with Gasteiger partial charge in [-0.15, -0.1) is 0 Å². The second kappa shape index (κ2) is 4.40. The van der Waals surface area contributed by atoms with Crippen molar-refractivity contribution in [1.82, 2.24) is 9.97 Å². The first-order valence-corrected chi connectivity index (χ1v) is 11.3. The largest absolute Gasteiger partial charge is 0.298 e. The van der Waals surface area contributed by atoms with E-state index in [1.807, 2.05) is 24.5 Å². The Morgan fingerprint density at radius 1 is 0.828 bits per heavy atom. The molecule has 4 saturated carbocycles. The van der Waals surface area contributed by atoms with Gasteiger partial charge in [0, 0.05) is 23.2 Å². The van der Waals surface area contributed by atoms with E-state index < -0.39 is 0 Å². The van der Waals surface area contributed by atoms with Crippen LogP contribution < -0.4 is 0 Å². The van der Waals surface area contributed by atoms with Crippen molar-refractivity contribution in [3.8, 4) is 0 Å². The van der Waals surface area contributed by atoms with Gasteiger partial charge in [0.1, 0.15) is 0 Å². The van der Waals surface area contributed by atoms with Crippen molar-refractivity contribution in [2.75, 3.05) is 0 Å². The molecule has 2 heterocycles. The van der Waals surface area contributed by atoms with E-state index in [0.717, 1.165) is 34.7 Å². The fourth-order valence-corrected chi connectivity index (χ4v) is 9.61. The summed E-state index contributed by atoms with van der Waals surface area (Å²) in [6, 6.07) is 8.42. The molecule has 3 aromatic rings. The molecule has 2 aromatic heterocycles. The molecule has 0 spiro atoms. The Morgan fingerprint density at radius 3 is 1.79 bits per heavy atom. The van der Waals surface area contributed by atoms with Crippen LogP contribution in [0.3, 0.4) is 0 Å². The summed E-state index contributed by atoms with van der Waals surface area (Å²) < 4.78 is 0. The molecule has 3 heteroatoms. The van der Waals surface area contributed by atoms with E-state index >= 15 is 0 Å². The number of nitrogens with zero attached hydrogens (tertiary/aromatic N) is 2. The summed E-state index contributed by atoms with van der Waals surface area (Å²) in [5.74, 6) is 4.85. The zero-order valence-corrected chi connectivity index (χ0v) is 16.9. The quantitative estimate of drug-likeness (QED) is 0.415.